The van der Waals surface area contributed by atoms with Crippen molar-refractivity contribution in [1.82, 2.24) is 10.2 Å². The second-order valence-corrected chi connectivity index (χ2v) is 8.43. The van der Waals surface area contributed by atoms with Crippen LogP contribution < -0.4 is 15.0 Å². The first-order valence-corrected chi connectivity index (χ1v) is 11.3. The lowest BCUT2D eigenvalue weighted by molar-refractivity contribution is -0.126. The van der Waals surface area contributed by atoms with Crippen LogP contribution in [0.4, 0.5) is 10.5 Å². The predicted octanol–water partition coefficient (Wildman–Crippen LogP) is 3.85. The Balaban J connectivity index is 1.24. The first kappa shape index (κ1) is 21.2. The summed E-state index contributed by atoms with van der Waals surface area (Å²) in [4.78, 5) is 29.4. The van der Waals surface area contributed by atoms with Gasteiger partial charge in [-0.05, 0) is 50.3 Å². The van der Waals surface area contributed by atoms with Gasteiger partial charge in [0.1, 0.15) is 11.9 Å². The molecule has 2 aromatic carbocycles. The van der Waals surface area contributed by atoms with E-state index in [1.54, 1.807) is 0 Å². The van der Waals surface area contributed by atoms with Crippen LogP contribution in [0, 0.1) is 5.92 Å². The summed E-state index contributed by atoms with van der Waals surface area (Å²) in [5.74, 6) is 0.849. The smallest absolute Gasteiger partial charge is 0.324 e. The van der Waals surface area contributed by atoms with Gasteiger partial charge in [-0.3, -0.25) is 9.69 Å². The fraction of sp³-hybridized carbons (Fsp3) is 0.440. The topological polar surface area (TPSA) is 61.9 Å². The highest BCUT2D eigenvalue weighted by molar-refractivity contribution is 5.94. The SMILES string of the molecule is C[C@H]1CN(C(=O)N2CCC(C(=O)NCCCc3ccccc3)CC2)c2ccccc2O1. The van der Waals surface area contributed by atoms with Gasteiger partial charge in [0.2, 0.25) is 5.91 Å². The summed E-state index contributed by atoms with van der Waals surface area (Å²) in [5, 5.41) is 3.08. The minimum atomic E-state index is -0.0435. The number of piperidine rings is 1. The molecule has 1 atom stereocenters. The second-order valence-electron chi connectivity index (χ2n) is 8.43. The number of likely N-dealkylation sites (tertiary alicyclic amines) is 1. The van der Waals surface area contributed by atoms with E-state index in [0.29, 0.717) is 39.0 Å². The molecule has 1 fully saturated rings. The zero-order chi connectivity index (χ0) is 21.6. The van der Waals surface area contributed by atoms with E-state index < -0.39 is 0 Å². The van der Waals surface area contributed by atoms with Gasteiger partial charge < -0.3 is 15.0 Å². The Morgan fingerprint density at radius 3 is 2.52 bits per heavy atom. The number of amides is 3. The van der Waals surface area contributed by atoms with Gasteiger partial charge in [-0.2, -0.15) is 0 Å². The maximum Gasteiger partial charge on any atom is 0.324 e. The molecule has 31 heavy (non-hydrogen) atoms. The molecule has 0 radical (unpaired) electrons. The van der Waals surface area contributed by atoms with Crippen molar-refractivity contribution < 1.29 is 14.3 Å². The number of carbonyl (C=O) groups is 2. The van der Waals surface area contributed by atoms with Crippen molar-refractivity contribution in [3.05, 3.63) is 60.2 Å². The number of carbonyl (C=O) groups excluding carboxylic acids is 2. The number of anilines is 1. The van der Waals surface area contributed by atoms with E-state index in [9.17, 15) is 9.59 Å². The summed E-state index contributed by atoms with van der Waals surface area (Å²) in [5.41, 5.74) is 2.12. The van der Waals surface area contributed by atoms with Gasteiger partial charge in [-0.15, -0.1) is 0 Å². The average molecular weight is 422 g/mol. The monoisotopic (exact) mass is 421 g/mol. The minimum Gasteiger partial charge on any atom is -0.487 e. The summed E-state index contributed by atoms with van der Waals surface area (Å²) >= 11 is 0. The fourth-order valence-electron chi connectivity index (χ4n) is 4.37. The van der Waals surface area contributed by atoms with Gasteiger partial charge >= 0.3 is 6.03 Å². The molecule has 0 aliphatic carbocycles. The van der Waals surface area contributed by atoms with E-state index in [1.807, 2.05) is 59.2 Å². The van der Waals surface area contributed by atoms with E-state index in [-0.39, 0.29) is 24.0 Å². The highest BCUT2D eigenvalue weighted by Crippen LogP contribution is 2.34. The standard InChI is InChI=1S/C25H31N3O3/c1-19-18-28(22-11-5-6-12-23(22)31-19)25(30)27-16-13-21(14-17-27)24(29)26-15-7-10-20-8-3-2-4-9-20/h2-6,8-9,11-12,19,21H,7,10,13-18H2,1H3,(H,26,29)/t19-/m0/s1. The molecule has 164 valence electrons. The minimum absolute atomic E-state index is 0.00400. The molecule has 2 aromatic rings. The van der Waals surface area contributed by atoms with Gasteiger partial charge in [0.15, 0.2) is 0 Å². The van der Waals surface area contributed by atoms with Crippen molar-refractivity contribution in [2.75, 3.05) is 31.1 Å². The van der Waals surface area contributed by atoms with Gasteiger partial charge in [-0.1, -0.05) is 42.5 Å². The lowest BCUT2D eigenvalue weighted by Crippen LogP contribution is -2.52. The number of ether oxygens (including phenoxy) is 1. The Bertz CT molecular complexity index is 894. The third-order valence-electron chi connectivity index (χ3n) is 6.08. The first-order valence-electron chi connectivity index (χ1n) is 11.3. The van der Waals surface area contributed by atoms with Gasteiger partial charge in [0.05, 0.1) is 12.2 Å². The third kappa shape index (κ3) is 5.19. The summed E-state index contributed by atoms with van der Waals surface area (Å²) in [7, 11) is 0. The molecule has 0 aromatic heterocycles. The Morgan fingerprint density at radius 1 is 1.03 bits per heavy atom. The molecule has 0 spiro atoms. The molecule has 1 saturated heterocycles. The number of aryl methyl sites for hydroxylation is 1. The molecule has 6 heteroatoms. The first-order chi connectivity index (χ1) is 15.1. The number of urea groups is 1. The predicted molar refractivity (Wildman–Crippen MR) is 121 cm³/mol. The lowest BCUT2D eigenvalue weighted by Gasteiger charge is -2.39. The Hall–Kier alpha value is -3.02. The van der Waals surface area contributed by atoms with Crippen molar-refractivity contribution in [1.29, 1.82) is 0 Å². The molecule has 1 N–H and O–H groups in total. The maximum atomic E-state index is 13.2. The van der Waals surface area contributed by atoms with E-state index in [2.05, 4.69) is 17.4 Å². The highest BCUT2D eigenvalue weighted by atomic mass is 16.5. The quantitative estimate of drug-likeness (QED) is 0.746. The molecule has 2 aliphatic rings. The average Bonchev–Trinajstić information content (AvgIpc) is 2.81. The Morgan fingerprint density at radius 2 is 1.74 bits per heavy atom. The lowest BCUT2D eigenvalue weighted by atomic mass is 9.96. The third-order valence-corrected chi connectivity index (χ3v) is 6.08. The maximum absolute atomic E-state index is 13.2. The van der Waals surface area contributed by atoms with E-state index in [4.69, 9.17) is 4.74 Å². The van der Waals surface area contributed by atoms with Gasteiger partial charge in [-0.25, -0.2) is 4.79 Å². The second kappa shape index (κ2) is 9.86. The number of hydrogen-bond donors (Lipinski definition) is 1. The van der Waals surface area contributed by atoms with E-state index in [1.165, 1.54) is 5.56 Å². The van der Waals surface area contributed by atoms with Crippen LogP contribution in [0.1, 0.15) is 31.7 Å². The van der Waals surface area contributed by atoms with Crippen LogP contribution in [0.3, 0.4) is 0 Å². The molecule has 3 amide bonds. The summed E-state index contributed by atoms with van der Waals surface area (Å²) in [6, 6.07) is 18.0. The van der Waals surface area contributed by atoms with Crippen molar-refractivity contribution in [3.8, 4) is 5.75 Å². The molecule has 0 unspecified atom stereocenters. The van der Waals surface area contributed by atoms with Crippen LogP contribution in [0.2, 0.25) is 0 Å². The number of para-hydroxylation sites is 2. The summed E-state index contributed by atoms with van der Waals surface area (Å²) in [6.45, 7) is 4.42. The van der Waals surface area contributed by atoms with E-state index >= 15 is 0 Å². The van der Waals surface area contributed by atoms with Crippen LogP contribution in [0.25, 0.3) is 0 Å². The summed E-state index contributed by atoms with van der Waals surface area (Å²) in [6.07, 6.45) is 3.27. The fourth-order valence-corrected chi connectivity index (χ4v) is 4.37. The van der Waals surface area contributed by atoms with Crippen LogP contribution in [-0.4, -0.2) is 49.1 Å². The Labute approximate surface area is 184 Å². The molecule has 0 saturated carbocycles. The zero-order valence-corrected chi connectivity index (χ0v) is 18.1. The van der Waals surface area contributed by atoms with Crippen molar-refractivity contribution in [2.24, 2.45) is 5.92 Å². The van der Waals surface area contributed by atoms with Crippen molar-refractivity contribution in [2.45, 2.75) is 38.7 Å². The van der Waals surface area contributed by atoms with Crippen molar-refractivity contribution >= 4 is 17.6 Å². The summed E-state index contributed by atoms with van der Waals surface area (Å²) < 4.78 is 5.86. The largest absolute Gasteiger partial charge is 0.487 e. The zero-order valence-electron chi connectivity index (χ0n) is 18.1. The number of hydrogen-bond acceptors (Lipinski definition) is 3. The Kier molecular flexibility index (Phi) is 6.75. The molecule has 2 aliphatic heterocycles. The van der Waals surface area contributed by atoms with Crippen LogP contribution >= 0.6 is 0 Å². The number of rotatable bonds is 5. The molecule has 0 bridgehead atoms. The molecule has 2 heterocycles. The molecular weight excluding hydrogens is 390 g/mol. The highest BCUT2D eigenvalue weighted by Gasteiger charge is 2.33. The number of benzene rings is 2. The number of fused-ring (bicyclic) bond motifs is 1. The number of nitrogens with zero attached hydrogens (tertiary/aromatic N) is 2. The van der Waals surface area contributed by atoms with Gasteiger partial charge in [0.25, 0.3) is 0 Å². The molecule has 6 nitrogen and oxygen atoms in total. The van der Waals surface area contributed by atoms with Crippen LogP contribution in [0.5, 0.6) is 5.75 Å². The van der Waals surface area contributed by atoms with Crippen LogP contribution in [0.15, 0.2) is 54.6 Å². The van der Waals surface area contributed by atoms with E-state index in [0.717, 1.165) is 24.3 Å². The van der Waals surface area contributed by atoms with Gasteiger partial charge in [0, 0.05) is 25.6 Å². The number of nitrogens with one attached hydrogen (secondary N) is 1. The van der Waals surface area contributed by atoms with Crippen molar-refractivity contribution in [3.63, 3.8) is 0 Å². The normalized spacial score (nSPS) is 18.8. The van der Waals surface area contributed by atoms with Crippen LogP contribution in [-0.2, 0) is 11.2 Å². The molecular formula is C25H31N3O3. The molecule has 4 rings (SSSR count).